The summed E-state index contributed by atoms with van der Waals surface area (Å²) in [5.41, 5.74) is 3.00. The molecule has 0 aliphatic rings. The third-order valence-corrected chi connectivity index (χ3v) is 2.41. The second-order valence-electron chi connectivity index (χ2n) is 3.57. The minimum Gasteiger partial charge on any atom is -0.358 e. The van der Waals surface area contributed by atoms with Crippen LogP contribution in [0.3, 0.4) is 0 Å². The Balaban J connectivity index is -0.0000000410. The van der Waals surface area contributed by atoms with Crippen LogP contribution in [-0.2, 0) is 98.1 Å². The van der Waals surface area contributed by atoms with Crippen LogP contribution >= 0.6 is 0 Å². The average molecular weight is 656 g/mol. The van der Waals surface area contributed by atoms with Crippen molar-refractivity contribution in [3.05, 3.63) is 62.1 Å². The average Bonchev–Trinajstić information content (AvgIpc) is 2.76. The van der Waals surface area contributed by atoms with Crippen LogP contribution in [-0.4, -0.2) is 9.97 Å². The molecule has 3 radical (unpaired) electrons. The summed E-state index contributed by atoms with van der Waals surface area (Å²) in [6.07, 6.45) is 0. The maximum Gasteiger partial charge on any atom is 0.159 e. The molecule has 2 rings (SSSR count). The molecule has 0 amide bonds. The van der Waals surface area contributed by atoms with Gasteiger partial charge in [0.15, 0.2) is 5.82 Å². The Labute approximate surface area is 272 Å². The molecule has 173 valence electrons. The van der Waals surface area contributed by atoms with Gasteiger partial charge in [-0.25, -0.2) is 9.97 Å². The molecule has 2 aromatic rings. The van der Waals surface area contributed by atoms with E-state index in [2.05, 4.69) is 16.0 Å². The van der Waals surface area contributed by atoms with Gasteiger partial charge in [-0.1, -0.05) is 99.6 Å². The zero-order chi connectivity index (χ0) is 21.5. The molecule has 1 aromatic carbocycles. The van der Waals surface area contributed by atoms with Crippen molar-refractivity contribution in [2.24, 2.45) is 0 Å². The number of hydrogen-bond acceptors (Lipinski definition) is 3. The van der Waals surface area contributed by atoms with Gasteiger partial charge in [0.1, 0.15) is 6.07 Å². The first kappa shape index (κ1) is 58.2. The predicted octanol–water partition coefficient (Wildman–Crippen LogP) is 8.66. The third-order valence-electron chi connectivity index (χ3n) is 2.41. The fourth-order valence-electron chi connectivity index (χ4n) is 1.59. The topological polar surface area (TPSA) is 49.6 Å². The van der Waals surface area contributed by atoms with E-state index < -0.39 is 0 Å². The molecule has 0 aliphatic heterocycles. The molecule has 1 aromatic heterocycles. The molecule has 0 spiro atoms. The summed E-state index contributed by atoms with van der Waals surface area (Å²) in [4.78, 5) is 8.68. The van der Waals surface area contributed by atoms with E-state index in [1.807, 2.05) is 113 Å². The molecule has 0 unspecified atom stereocenters. The minimum absolute atomic E-state index is 0. The second kappa shape index (κ2) is 48.5. The summed E-state index contributed by atoms with van der Waals surface area (Å²) in [6.45, 7) is 23.7. The number of rotatable bonds is 1. The van der Waals surface area contributed by atoms with Gasteiger partial charge in [-0.2, -0.15) is 5.26 Å². The van der Waals surface area contributed by atoms with Crippen LogP contribution in [0.25, 0.3) is 11.4 Å². The Morgan fingerprint density at radius 2 is 0.903 bits per heavy atom. The van der Waals surface area contributed by atoms with Gasteiger partial charge >= 0.3 is 0 Å². The molecule has 0 saturated carbocycles. The van der Waals surface area contributed by atoms with E-state index in [0.29, 0.717) is 11.4 Å². The van der Waals surface area contributed by atoms with Crippen molar-refractivity contribution >= 4 is 0 Å². The zero-order valence-electron chi connectivity index (χ0n) is 23.0. The van der Waals surface area contributed by atoms with E-state index in [4.69, 9.17) is 5.26 Å². The fourth-order valence-corrected chi connectivity index (χ4v) is 1.59. The SMILES string of the molecule is CC.CC.CC.CC.CC.Cc1nc(-c2ccccc2)nc(C)c1C#N.[CH3-].[CH3-].[Y].[Y].[Y]. The molecule has 0 aliphatic carbocycles. The van der Waals surface area contributed by atoms with E-state index in [1.54, 1.807) is 0 Å². The number of benzene rings is 1. The van der Waals surface area contributed by atoms with Crippen LogP contribution in [0.1, 0.15) is 86.2 Å². The van der Waals surface area contributed by atoms with E-state index in [1.165, 1.54) is 0 Å². The summed E-state index contributed by atoms with van der Waals surface area (Å²) in [5.74, 6) is 0.676. The number of nitrogens with zero attached hydrogens (tertiary/aromatic N) is 3. The van der Waals surface area contributed by atoms with Crippen LogP contribution < -0.4 is 0 Å². The number of hydrogen-bond donors (Lipinski definition) is 0. The summed E-state index contributed by atoms with van der Waals surface area (Å²) in [7, 11) is 0. The van der Waals surface area contributed by atoms with E-state index in [-0.39, 0.29) is 113 Å². The molecule has 0 bridgehead atoms. The standard InChI is InChI=1S/C13H11N3.5C2H6.2CH3.3Y/c1-9-12(8-14)10(2)16-13(15-9)11-6-4-3-5-7-11;5*1-2;;;;;/h3-7H,1-2H3;5*1-2H3;2*1H3;;;/q;;;;;;2*-1;;;. The predicted molar refractivity (Wildman–Crippen MR) is 131 cm³/mol. The molecule has 1 heterocycles. The molecule has 0 saturated heterocycles. The van der Waals surface area contributed by atoms with Crippen molar-refractivity contribution in [2.45, 2.75) is 83.1 Å². The Kier molecular flexibility index (Phi) is 91.1. The van der Waals surface area contributed by atoms with Gasteiger partial charge in [0.05, 0.1) is 17.0 Å². The zero-order valence-corrected chi connectivity index (χ0v) is 31.5. The number of aryl methyl sites for hydroxylation is 2. The van der Waals surface area contributed by atoms with Crippen molar-refractivity contribution in [3.8, 4) is 17.5 Å². The van der Waals surface area contributed by atoms with Crippen molar-refractivity contribution in [2.75, 3.05) is 0 Å². The first-order valence-electron chi connectivity index (χ1n) is 10.0. The molecule has 0 N–H and O–H groups in total. The van der Waals surface area contributed by atoms with Crippen LogP contribution in [0.4, 0.5) is 0 Å². The van der Waals surface area contributed by atoms with Gasteiger partial charge in [0, 0.05) is 104 Å². The maximum absolute atomic E-state index is 8.93. The fraction of sp³-hybridized carbons (Fsp3) is 0.480. The Morgan fingerprint density at radius 3 is 1.16 bits per heavy atom. The quantitative estimate of drug-likeness (QED) is 0.289. The first-order chi connectivity index (χ1) is 12.7. The van der Waals surface area contributed by atoms with Crippen molar-refractivity contribution in [3.63, 3.8) is 0 Å². The molecule has 3 nitrogen and oxygen atoms in total. The molecule has 31 heavy (non-hydrogen) atoms. The smallest absolute Gasteiger partial charge is 0.159 e. The van der Waals surface area contributed by atoms with Crippen LogP contribution in [0, 0.1) is 40.0 Å². The van der Waals surface area contributed by atoms with E-state index in [9.17, 15) is 0 Å². The Hall–Kier alpha value is 1.10. The van der Waals surface area contributed by atoms with Crippen molar-refractivity contribution < 1.29 is 98.1 Å². The third kappa shape index (κ3) is 27.2. The monoisotopic (exact) mass is 656 g/mol. The van der Waals surface area contributed by atoms with Gasteiger partial charge < -0.3 is 14.9 Å². The Bertz CT molecular complexity index is 547. The van der Waals surface area contributed by atoms with E-state index in [0.717, 1.165) is 17.0 Å². The van der Waals surface area contributed by atoms with Crippen molar-refractivity contribution in [1.29, 1.82) is 5.26 Å². The molecule has 6 heteroatoms. The molecular formula is C25H47N3Y3-2. The normalized spacial score (nSPS) is 6.03. The summed E-state index contributed by atoms with van der Waals surface area (Å²) >= 11 is 0. The van der Waals surface area contributed by atoms with Crippen LogP contribution in [0.2, 0.25) is 0 Å². The molecule has 0 fully saturated rings. The van der Waals surface area contributed by atoms with Gasteiger partial charge in [0.25, 0.3) is 0 Å². The molecule has 0 atom stereocenters. The van der Waals surface area contributed by atoms with Crippen LogP contribution in [0.5, 0.6) is 0 Å². The summed E-state index contributed by atoms with van der Waals surface area (Å²) < 4.78 is 0. The maximum atomic E-state index is 8.93. The van der Waals surface area contributed by atoms with Crippen molar-refractivity contribution in [1.82, 2.24) is 9.97 Å². The number of nitriles is 1. The van der Waals surface area contributed by atoms with Gasteiger partial charge in [-0.15, -0.1) is 0 Å². The van der Waals surface area contributed by atoms with Gasteiger partial charge in [-0.3, -0.25) is 0 Å². The molecular weight excluding hydrogens is 609 g/mol. The second-order valence-corrected chi connectivity index (χ2v) is 3.57. The summed E-state index contributed by atoms with van der Waals surface area (Å²) in [6, 6.07) is 11.9. The van der Waals surface area contributed by atoms with Gasteiger partial charge in [0.2, 0.25) is 0 Å². The van der Waals surface area contributed by atoms with Crippen LogP contribution in [0.15, 0.2) is 30.3 Å². The van der Waals surface area contributed by atoms with Gasteiger partial charge in [-0.05, 0) is 13.8 Å². The summed E-state index contributed by atoms with van der Waals surface area (Å²) in [5, 5.41) is 8.93. The largest absolute Gasteiger partial charge is 0.358 e. The number of aromatic nitrogens is 2. The Morgan fingerprint density at radius 1 is 0.613 bits per heavy atom. The van der Waals surface area contributed by atoms with E-state index >= 15 is 0 Å². The first-order valence-corrected chi connectivity index (χ1v) is 10.0. The minimum atomic E-state index is 0.